The minimum Gasteiger partial charge on any atom is -0.278 e. The molecule has 114 valence electrons. The standard InChI is InChI=1S/C17H12BrClN4/c18-13-3-7-15(8-4-13)22-23-17(16-9-10-20-11-21-16)12-1-5-14(19)6-2-12/h1-11,22H/b23-17+. The van der Waals surface area contributed by atoms with Gasteiger partial charge in [0.1, 0.15) is 12.0 Å². The Labute approximate surface area is 147 Å². The summed E-state index contributed by atoms with van der Waals surface area (Å²) >= 11 is 9.38. The summed E-state index contributed by atoms with van der Waals surface area (Å²) in [5, 5.41) is 5.19. The number of hydrogen-bond donors (Lipinski definition) is 1. The average Bonchev–Trinajstić information content (AvgIpc) is 2.59. The third kappa shape index (κ3) is 4.15. The average molecular weight is 388 g/mol. The largest absolute Gasteiger partial charge is 0.278 e. The topological polar surface area (TPSA) is 50.2 Å². The summed E-state index contributed by atoms with van der Waals surface area (Å²) in [6.07, 6.45) is 3.19. The van der Waals surface area contributed by atoms with E-state index < -0.39 is 0 Å². The fourth-order valence-corrected chi connectivity index (χ4v) is 2.34. The predicted molar refractivity (Wildman–Crippen MR) is 96.9 cm³/mol. The summed E-state index contributed by atoms with van der Waals surface area (Å²) in [5.41, 5.74) is 6.30. The summed E-state index contributed by atoms with van der Waals surface area (Å²) in [6, 6.07) is 17.1. The van der Waals surface area contributed by atoms with Crippen LogP contribution in [0, 0.1) is 0 Å². The Kier molecular flexibility index (Phi) is 5.00. The van der Waals surface area contributed by atoms with Crippen LogP contribution in [0.4, 0.5) is 5.69 Å². The van der Waals surface area contributed by atoms with Crippen LogP contribution in [-0.2, 0) is 0 Å². The van der Waals surface area contributed by atoms with Gasteiger partial charge in [-0.25, -0.2) is 9.97 Å². The van der Waals surface area contributed by atoms with Crippen molar-refractivity contribution in [1.82, 2.24) is 9.97 Å². The molecule has 3 aromatic rings. The molecule has 0 aliphatic heterocycles. The Morgan fingerprint density at radius 3 is 2.39 bits per heavy atom. The highest BCUT2D eigenvalue weighted by Crippen LogP contribution is 2.16. The molecule has 0 unspecified atom stereocenters. The van der Waals surface area contributed by atoms with Crippen LogP contribution in [0.5, 0.6) is 0 Å². The molecule has 0 aliphatic rings. The Bertz CT molecular complexity index is 802. The van der Waals surface area contributed by atoms with Gasteiger partial charge < -0.3 is 0 Å². The third-order valence-corrected chi connectivity index (χ3v) is 3.86. The van der Waals surface area contributed by atoms with Crippen molar-refractivity contribution in [2.75, 3.05) is 5.43 Å². The SMILES string of the molecule is Clc1ccc(/C(=N\Nc2ccc(Br)cc2)c2ccncn2)cc1. The van der Waals surface area contributed by atoms with Gasteiger partial charge in [-0.1, -0.05) is 39.7 Å². The van der Waals surface area contributed by atoms with E-state index >= 15 is 0 Å². The Morgan fingerprint density at radius 2 is 1.74 bits per heavy atom. The van der Waals surface area contributed by atoms with Crippen molar-refractivity contribution in [3.05, 3.63) is 87.9 Å². The highest BCUT2D eigenvalue weighted by Gasteiger charge is 2.08. The molecule has 0 saturated heterocycles. The molecule has 0 fully saturated rings. The minimum absolute atomic E-state index is 0.677. The molecule has 4 nitrogen and oxygen atoms in total. The number of nitrogens with zero attached hydrogens (tertiary/aromatic N) is 3. The van der Waals surface area contributed by atoms with E-state index in [1.807, 2.05) is 54.6 Å². The summed E-state index contributed by atoms with van der Waals surface area (Å²) < 4.78 is 1.01. The van der Waals surface area contributed by atoms with Gasteiger partial charge in [-0.3, -0.25) is 5.43 Å². The quantitative estimate of drug-likeness (QED) is 0.519. The maximum absolute atomic E-state index is 5.96. The first-order chi connectivity index (χ1) is 11.2. The smallest absolute Gasteiger partial charge is 0.116 e. The molecule has 0 bridgehead atoms. The lowest BCUT2D eigenvalue weighted by molar-refractivity contribution is 1.14. The van der Waals surface area contributed by atoms with Gasteiger partial charge in [0.05, 0.1) is 11.4 Å². The van der Waals surface area contributed by atoms with Gasteiger partial charge in [0.25, 0.3) is 0 Å². The number of hydrazone groups is 1. The fourth-order valence-electron chi connectivity index (χ4n) is 1.95. The van der Waals surface area contributed by atoms with E-state index in [-0.39, 0.29) is 0 Å². The Hall–Kier alpha value is -2.24. The molecule has 6 heteroatoms. The maximum atomic E-state index is 5.96. The molecule has 1 aromatic heterocycles. The molecule has 3 rings (SSSR count). The normalized spacial score (nSPS) is 11.3. The highest BCUT2D eigenvalue weighted by atomic mass is 79.9. The van der Waals surface area contributed by atoms with Crippen molar-refractivity contribution >= 4 is 38.9 Å². The molecule has 23 heavy (non-hydrogen) atoms. The zero-order chi connectivity index (χ0) is 16.1. The van der Waals surface area contributed by atoms with Crippen LogP contribution in [-0.4, -0.2) is 15.7 Å². The second kappa shape index (κ2) is 7.35. The van der Waals surface area contributed by atoms with Gasteiger partial charge in [0.2, 0.25) is 0 Å². The van der Waals surface area contributed by atoms with Crippen LogP contribution < -0.4 is 5.43 Å². The molecule has 1 N–H and O–H groups in total. The highest BCUT2D eigenvalue weighted by molar-refractivity contribution is 9.10. The van der Waals surface area contributed by atoms with Crippen molar-refractivity contribution < 1.29 is 0 Å². The van der Waals surface area contributed by atoms with Gasteiger partial charge >= 0.3 is 0 Å². The number of hydrogen-bond acceptors (Lipinski definition) is 4. The van der Waals surface area contributed by atoms with Crippen LogP contribution in [0.15, 0.2) is 76.7 Å². The molecule has 0 amide bonds. The molecule has 0 spiro atoms. The minimum atomic E-state index is 0.677. The van der Waals surface area contributed by atoms with Crippen LogP contribution in [0.3, 0.4) is 0 Å². The number of benzene rings is 2. The predicted octanol–water partition coefficient (Wildman–Crippen LogP) is 4.76. The molecular formula is C17H12BrClN4. The van der Waals surface area contributed by atoms with Crippen molar-refractivity contribution in [1.29, 1.82) is 0 Å². The van der Waals surface area contributed by atoms with E-state index in [2.05, 4.69) is 36.4 Å². The van der Waals surface area contributed by atoms with Crippen molar-refractivity contribution in [2.45, 2.75) is 0 Å². The fraction of sp³-hybridized carbons (Fsp3) is 0. The first kappa shape index (κ1) is 15.6. The zero-order valence-electron chi connectivity index (χ0n) is 11.9. The van der Waals surface area contributed by atoms with E-state index in [0.717, 1.165) is 21.4 Å². The lowest BCUT2D eigenvalue weighted by atomic mass is 10.1. The zero-order valence-corrected chi connectivity index (χ0v) is 14.3. The second-order valence-electron chi connectivity index (χ2n) is 4.68. The van der Waals surface area contributed by atoms with Gasteiger partial charge in [0.15, 0.2) is 0 Å². The van der Waals surface area contributed by atoms with Crippen LogP contribution >= 0.6 is 27.5 Å². The Morgan fingerprint density at radius 1 is 1.00 bits per heavy atom. The van der Waals surface area contributed by atoms with Crippen molar-refractivity contribution in [3.63, 3.8) is 0 Å². The number of anilines is 1. The summed E-state index contributed by atoms with van der Waals surface area (Å²) in [6.45, 7) is 0. The van der Waals surface area contributed by atoms with E-state index in [1.54, 1.807) is 6.20 Å². The maximum Gasteiger partial charge on any atom is 0.116 e. The number of nitrogens with one attached hydrogen (secondary N) is 1. The van der Waals surface area contributed by atoms with Gasteiger partial charge in [-0.15, -0.1) is 0 Å². The molecule has 0 saturated carbocycles. The molecule has 2 aromatic carbocycles. The first-order valence-corrected chi connectivity index (χ1v) is 8.01. The Balaban J connectivity index is 1.96. The summed E-state index contributed by atoms with van der Waals surface area (Å²) in [7, 11) is 0. The lowest BCUT2D eigenvalue weighted by Gasteiger charge is -2.08. The first-order valence-electron chi connectivity index (χ1n) is 6.84. The molecule has 0 radical (unpaired) electrons. The molecule has 1 heterocycles. The third-order valence-electron chi connectivity index (χ3n) is 3.08. The summed E-state index contributed by atoms with van der Waals surface area (Å²) in [5.74, 6) is 0. The van der Waals surface area contributed by atoms with Crippen LogP contribution in [0.25, 0.3) is 0 Å². The van der Waals surface area contributed by atoms with E-state index in [0.29, 0.717) is 10.7 Å². The monoisotopic (exact) mass is 386 g/mol. The van der Waals surface area contributed by atoms with E-state index in [4.69, 9.17) is 11.6 Å². The van der Waals surface area contributed by atoms with Crippen molar-refractivity contribution in [2.24, 2.45) is 5.10 Å². The van der Waals surface area contributed by atoms with Gasteiger partial charge in [-0.05, 0) is 42.5 Å². The molecule has 0 aliphatic carbocycles. The van der Waals surface area contributed by atoms with Gasteiger partial charge in [-0.2, -0.15) is 5.10 Å². The van der Waals surface area contributed by atoms with Crippen LogP contribution in [0.1, 0.15) is 11.3 Å². The number of halogens is 2. The number of rotatable bonds is 4. The molecule has 0 atom stereocenters. The van der Waals surface area contributed by atoms with E-state index in [9.17, 15) is 0 Å². The summed E-state index contributed by atoms with van der Waals surface area (Å²) in [4.78, 5) is 8.23. The van der Waals surface area contributed by atoms with Crippen LogP contribution in [0.2, 0.25) is 5.02 Å². The molecular weight excluding hydrogens is 376 g/mol. The lowest BCUT2D eigenvalue weighted by Crippen LogP contribution is -2.08. The number of aromatic nitrogens is 2. The second-order valence-corrected chi connectivity index (χ2v) is 6.03. The van der Waals surface area contributed by atoms with Gasteiger partial charge in [0, 0.05) is 21.3 Å². The van der Waals surface area contributed by atoms with Crippen molar-refractivity contribution in [3.8, 4) is 0 Å². The van der Waals surface area contributed by atoms with E-state index in [1.165, 1.54) is 6.33 Å².